The van der Waals surface area contributed by atoms with Gasteiger partial charge in [-0.25, -0.2) is 4.98 Å². The first-order chi connectivity index (χ1) is 13.6. The number of thioether (sulfide) groups is 1. The second-order valence-electron chi connectivity index (χ2n) is 6.62. The molecule has 1 heterocycles. The molecular formula is C25H22N2S. The molecule has 0 saturated carbocycles. The molecule has 0 N–H and O–H groups in total. The molecule has 0 atom stereocenters. The fourth-order valence-corrected chi connectivity index (χ4v) is 3.32. The second-order valence-corrected chi connectivity index (χ2v) is 7.42. The lowest BCUT2D eigenvalue weighted by molar-refractivity contribution is 1.09. The van der Waals surface area contributed by atoms with E-state index in [1.165, 1.54) is 22.9 Å². The van der Waals surface area contributed by atoms with Gasteiger partial charge in [0.05, 0.1) is 11.3 Å². The summed E-state index contributed by atoms with van der Waals surface area (Å²) in [4.78, 5) is 4.64. The minimum atomic E-state index is 0.614. The summed E-state index contributed by atoms with van der Waals surface area (Å²) in [6, 6.07) is 21.0. The molecule has 3 heteroatoms. The van der Waals surface area contributed by atoms with Crippen molar-refractivity contribution in [2.75, 3.05) is 6.26 Å². The zero-order valence-electron chi connectivity index (χ0n) is 16.3. The number of nitriles is 1. The number of nitrogens with zero attached hydrogens (tertiary/aromatic N) is 2. The molecule has 0 radical (unpaired) electrons. The molecule has 2 nitrogen and oxygen atoms in total. The third kappa shape index (κ3) is 5.00. The summed E-state index contributed by atoms with van der Waals surface area (Å²) in [6.07, 6.45) is 10.0. The maximum atomic E-state index is 9.63. The number of aryl methyl sites for hydroxylation is 2. The van der Waals surface area contributed by atoms with Crippen LogP contribution >= 0.6 is 11.8 Å². The molecule has 1 aromatic heterocycles. The van der Waals surface area contributed by atoms with Crippen LogP contribution in [0.15, 0.2) is 59.6 Å². The fourth-order valence-electron chi connectivity index (χ4n) is 2.76. The Bertz CT molecular complexity index is 1050. The van der Waals surface area contributed by atoms with Crippen molar-refractivity contribution in [3.8, 4) is 6.07 Å². The van der Waals surface area contributed by atoms with E-state index < -0.39 is 0 Å². The average molecular weight is 383 g/mol. The lowest BCUT2D eigenvalue weighted by atomic mass is 10.1. The van der Waals surface area contributed by atoms with E-state index in [2.05, 4.69) is 73.4 Å². The Morgan fingerprint density at radius 3 is 1.86 bits per heavy atom. The Balaban J connectivity index is 1.96. The van der Waals surface area contributed by atoms with E-state index in [4.69, 9.17) is 0 Å². The van der Waals surface area contributed by atoms with Crippen molar-refractivity contribution in [2.24, 2.45) is 0 Å². The molecule has 2 aromatic carbocycles. The third-order valence-electron chi connectivity index (χ3n) is 4.40. The van der Waals surface area contributed by atoms with Crippen LogP contribution in [0, 0.1) is 25.2 Å². The SMILES string of the molecule is CSc1nc(/C=C/c2ccc(C)cc2)cc(/C=C\c2ccc(C)cc2)c1C#N. The highest BCUT2D eigenvalue weighted by Crippen LogP contribution is 2.25. The van der Waals surface area contributed by atoms with Crippen molar-refractivity contribution in [1.29, 1.82) is 5.26 Å². The van der Waals surface area contributed by atoms with Crippen molar-refractivity contribution >= 4 is 36.1 Å². The summed E-state index contributed by atoms with van der Waals surface area (Å²) in [5.74, 6) is 0. The highest BCUT2D eigenvalue weighted by Gasteiger charge is 2.09. The van der Waals surface area contributed by atoms with Crippen molar-refractivity contribution in [3.63, 3.8) is 0 Å². The molecule has 0 unspecified atom stereocenters. The second kappa shape index (κ2) is 9.21. The summed E-state index contributed by atoms with van der Waals surface area (Å²) < 4.78 is 0. The molecule has 138 valence electrons. The van der Waals surface area contributed by atoms with Gasteiger partial charge < -0.3 is 0 Å². The molecule has 0 fully saturated rings. The fraction of sp³-hybridized carbons (Fsp3) is 0.120. The minimum absolute atomic E-state index is 0.614. The zero-order valence-corrected chi connectivity index (χ0v) is 17.1. The lowest BCUT2D eigenvalue weighted by Gasteiger charge is -2.06. The van der Waals surface area contributed by atoms with Gasteiger partial charge in [0.1, 0.15) is 11.1 Å². The van der Waals surface area contributed by atoms with Crippen LogP contribution in [0.2, 0.25) is 0 Å². The molecule has 0 aliphatic carbocycles. The van der Waals surface area contributed by atoms with Crippen LogP contribution in [-0.2, 0) is 0 Å². The van der Waals surface area contributed by atoms with Crippen molar-refractivity contribution < 1.29 is 0 Å². The van der Waals surface area contributed by atoms with Gasteiger partial charge in [0.25, 0.3) is 0 Å². The summed E-state index contributed by atoms with van der Waals surface area (Å²) in [5, 5.41) is 10.4. The van der Waals surface area contributed by atoms with Gasteiger partial charge in [-0.15, -0.1) is 11.8 Å². The molecule has 0 amide bonds. The molecule has 0 saturated heterocycles. The molecule has 3 rings (SSSR count). The van der Waals surface area contributed by atoms with Crippen molar-refractivity contribution in [2.45, 2.75) is 18.9 Å². The Kier molecular flexibility index (Phi) is 6.47. The van der Waals surface area contributed by atoms with Crippen molar-refractivity contribution in [3.05, 3.63) is 93.7 Å². The van der Waals surface area contributed by atoms with E-state index in [9.17, 15) is 5.26 Å². The van der Waals surface area contributed by atoms with Gasteiger partial charge in [-0.1, -0.05) is 77.9 Å². The van der Waals surface area contributed by atoms with Gasteiger partial charge in [0, 0.05) is 0 Å². The summed E-state index contributed by atoms with van der Waals surface area (Å²) in [5.41, 5.74) is 7.03. The van der Waals surface area contributed by atoms with Crippen LogP contribution in [-0.4, -0.2) is 11.2 Å². The molecular weight excluding hydrogens is 360 g/mol. The smallest absolute Gasteiger partial charge is 0.115 e. The minimum Gasteiger partial charge on any atom is -0.241 e. The number of rotatable bonds is 5. The quantitative estimate of drug-likeness (QED) is 0.465. The van der Waals surface area contributed by atoms with E-state index in [0.29, 0.717) is 5.56 Å². The predicted octanol–water partition coefficient (Wildman–Crippen LogP) is 6.63. The number of hydrogen-bond acceptors (Lipinski definition) is 3. The van der Waals surface area contributed by atoms with E-state index >= 15 is 0 Å². The predicted molar refractivity (Wildman–Crippen MR) is 121 cm³/mol. The van der Waals surface area contributed by atoms with Gasteiger partial charge in [-0.3, -0.25) is 0 Å². The highest BCUT2D eigenvalue weighted by atomic mass is 32.2. The topological polar surface area (TPSA) is 36.7 Å². The molecule has 0 spiro atoms. The number of hydrogen-bond donors (Lipinski definition) is 0. The Labute approximate surface area is 171 Å². The highest BCUT2D eigenvalue weighted by molar-refractivity contribution is 7.98. The average Bonchev–Trinajstić information content (AvgIpc) is 2.72. The van der Waals surface area contributed by atoms with Gasteiger partial charge >= 0.3 is 0 Å². The van der Waals surface area contributed by atoms with Crippen LogP contribution in [0.5, 0.6) is 0 Å². The van der Waals surface area contributed by atoms with Crippen LogP contribution in [0.4, 0.5) is 0 Å². The number of aromatic nitrogens is 1. The molecule has 0 aliphatic rings. The van der Waals surface area contributed by atoms with Gasteiger partial charge in [0.2, 0.25) is 0 Å². The van der Waals surface area contributed by atoms with Crippen LogP contribution in [0.1, 0.15) is 39.1 Å². The number of pyridine rings is 1. The van der Waals surface area contributed by atoms with E-state index in [0.717, 1.165) is 27.4 Å². The van der Waals surface area contributed by atoms with Gasteiger partial charge in [-0.2, -0.15) is 5.26 Å². The Hall–Kier alpha value is -3.09. The van der Waals surface area contributed by atoms with E-state index in [1.54, 1.807) is 0 Å². The van der Waals surface area contributed by atoms with E-state index in [1.807, 2.05) is 36.6 Å². The van der Waals surface area contributed by atoms with Crippen LogP contribution in [0.3, 0.4) is 0 Å². The Morgan fingerprint density at radius 1 is 0.821 bits per heavy atom. The Morgan fingerprint density at radius 2 is 1.36 bits per heavy atom. The molecule has 3 aromatic rings. The maximum Gasteiger partial charge on any atom is 0.115 e. The lowest BCUT2D eigenvalue weighted by Crippen LogP contribution is -1.94. The largest absolute Gasteiger partial charge is 0.241 e. The van der Waals surface area contributed by atoms with Gasteiger partial charge in [-0.05, 0) is 48.9 Å². The van der Waals surface area contributed by atoms with Crippen molar-refractivity contribution in [1.82, 2.24) is 4.98 Å². The summed E-state index contributed by atoms with van der Waals surface area (Å²) in [7, 11) is 0. The maximum absolute atomic E-state index is 9.63. The van der Waals surface area contributed by atoms with Crippen LogP contribution in [0.25, 0.3) is 24.3 Å². The zero-order chi connectivity index (χ0) is 19.9. The summed E-state index contributed by atoms with van der Waals surface area (Å²) in [6.45, 7) is 4.15. The molecule has 28 heavy (non-hydrogen) atoms. The molecule has 0 aliphatic heterocycles. The monoisotopic (exact) mass is 382 g/mol. The van der Waals surface area contributed by atoms with Gasteiger partial charge in [0.15, 0.2) is 0 Å². The normalized spacial score (nSPS) is 11.2. The van der Waals surface area contributed by atoms with E-state index in [-0.39, 0.29) is 0 Å². The molecule has 0 bridgehead atoms. The first kappa shape index (κ1) is 19.7. The summed E-state index contributed by atoms with van der Waals surface area (Å²) >= 11 is 1.49. The third-order valence-corrected chi connectivity index (χ3v) is 5.08. The first-order valence-electron chi connectivity index (χ1n) is 9.07. The standard InChI is InChI=1S/C25H22N2S/c1-18-4-8-20(9-5-18)12-14-22-16-23(27-25(28-3)24(22)17-26)15-13-21-10-6-19(2)7-11-21/h4-16H,1-3H3/b14-12-,15-13+. The van der Waals surface area contributed by atoms with Crippen LogP contribution < -0.4 is 0 Å². The first-order valence-corrected chi connectivity index (χ1v) is 10.3. The number of benzene rings is 2.